The van der Waals surface area contributed by atoms with Crippen LogP contribution in [0.4, 0.5) is 0 Å². The van der Waals surface area contributed by atoms with Gasteiger partial charge in [-0.3, -0.25) is 4.79 Å². The predicted octanol–water partition coefficient (Wildman–Crippen LogP) is 0.276. The number of carbonyl (C=O) groups excluding carboxylic acids is 1. The van der Waals surface area contributed by atoms with Crippen LogP contribution < -0.4 is 5.73 Å². The van der Waals surface area contributed by atoms with Crippen LogP contribution in [-0.2, 0) is 14.8 Å². The Labute approximate surface area is 128 Å². The minimum Gasteiger partial charge on any atom is -0.340 e. The van der Waals surface area contributed by atoms with Crippen molar-refractivity contribution in [1.29, 1.82) is 0 Å². The molecule has 1 aliphatic rings. The number of hydrogen-bond donors (Lipinski definition) is 1. The van der Waals surface area contributed by atoms with Crippen molar-refractivity contribution < 1.29 is 13.2 Å². The Morgan fingerprint density at radius 3 is 2.30 bits per heavy atom. The highest BCUT2D eigenvalue weighted by Crippen LogP contribution is 2.10. The normalized spacial score (nSPS) is 19.4. The molecular formula is C12H26ClN3O3S. The van der Waals surface area contributed by atoms with Crippen molar-refractivity contribution >= 4 is 28.3 Å². The highest BCUT2D eigenvalue weighted by Gasteiger charge is 2.26. The number of nitrogens with two attached hydrogens (primary N) is 1. The number of nitrogens with zero attached hydrogens (tertiary/aromatic N) is 2. The molecule has 120 valence electrons. The highest BCUT2D eigenvalue weighted by molar-refractivity contribution is 7.88. The maximum Gasteiger partial charge on any atom is 0.239 e. The molecule has 1 heterocycles. The fraction of sp³-hybridized carbons (Fsp3) is 0.917. The molecule has 0 unspecified atom stereocenters. The first-order valence-corrected chi connectivity index (χ1v) is 8.56. The molecule has 1 aliphatic heterocycles. The zero-order chi connectivity index (χ0) is 14.6. The number of halogens is 1. The summed E-state index contributed by atoms with van der Waals surface area (Å²) in [6.07, 6.45) is 2.52. The van der Waals surface area contributed by atoms with Crippen LogP contribution >= 0.6 is 12.4 Å². The minimum absolute atomic E-state index is 0. The third kappa shape index (κ3) is 5.95. The standard InChI is InChI=1S/C12H25N3O3S.ClH/c1-10(2)9-11(13)12(16)14-5-4-6-15(8-7-14)19(3,17)18;/h10-11H,4-9,13H2,1-3H3;1H/t11-;/m0./s1. The van der Waals surface area contributed by atoms with Crippen LogP contribution in [0, 0.1) is 5.92 Å². The molecule has 0 saturated carbocycles. The molecule has 1 rings (SSSR count). The van der Waals surface area contributed by atoms with Crippen molar-refractivity contribution in [2.75, 3.05) is 32.4 Å². The molecule has 0 aromatic heterocycles. The van der Waals surface area contributed by atoms with Crippen LogP contribution in [0.1, 0.15) is 26.7 Å². The first-order chi connectivity index (χ1) is 8.71. The van der Waals surface area contributed by atoms with Crippen LogP contribution in [0.3, 0.4) is 0 Å². The van der Waals surface area contributed by atoms with Crippen molar-refractivity contribution in [2.45, 2.75) is 32.7 Å². The van der Waals surface area contributed by atoms with E-state index in [1.165, 1.54) is 10.6 Å². The van der Waals surface area contributed by atoms with Crippen LogP contribution in [0.2, 0.25) is 0 Å². The van der Waals surface area contributed by atoms with Crippen molar-refractivity contribution in [3.05, 3.63) is 0 Å². The van der Waals surface area contributed by atoms with E-state index in [1.807, 2.05) is 13.8 Å². The predicted molar refractivity (Wildman–Crippen MR) is 82.3 cm³/mol. The van der Waals surface area contributed by atoms with Gasteiger partial charge in [0.05, 0.1) is 12.3 Å². The summed E-state index contributed by atoms with van der Waals surface area (Å²) < 4.78 is 24.4. The Kier molecular flexibility index (Phi) is 8.01. The summed E-state index contributed by atoms with van der Waals surface area (Å²) in [4.78, 5) is 13.9. The molecule has 0 aromatic carbocycles. The molecule has 20 heavy (non-hydrogen) atoms. The second kappa shape index (κ2) is 8.17. The van der Waals surface area contributed by atoms with Gasteiger partial charge < -0.3 is 10.6 Å². The molecule has 0 bridgehead atoms. The summed E-state index contributed by atoms with van der Waals surface area (Å²) in [5.74, 6) is 0.308. The molecule has 0 aromatic rings. The smallest absolute Gasteiger partial charge is 0.239 e. The van der Waals surface area contributed by atoms with Crippen molar-refractivity contribution in [1.82, 2.24) is 9.21 Å². The molecular weight excluding hydrogens is 302 g/mol. The van der Waals surface area contributed by atoms with Gasteiger partial charge in [-0.1, -0.05) is 13.8 Å². The Morgan fingerprint density at radius 1 is 1.20 bits per heavy atom. The summed E-state index contributed by atoms with van der Waals surface area (Å²) in [6, 6.07) is -0.482. The van der Waals surface area contributed by atoms with Crippen molar-refractivity contribution in [3.8, 4) is 0 Å². The third-order valence-electron chi connectivity index (χ3n) is 3.28. The third-order valence-corrected chi connectivity index (χ3v) is 4.58. The van der Waals surface area contributed by atoms with E-state index in [0.717, 1.165) is 0 Å². The van der Waals surface area contributed by atoms with E-state index in [1.54, 1.807) is 4.90 Å². The zero-order valence-electron chi connectivity index (χ0n) is 12.4. The van der Waals surface area contributed by atoms with Gasteiger partial charge in [0, 0.05) is 26.2 Å². The summed E-state index contributed by atoms with van der Waals surface area (Å²) in [5.41, 5.74) is 5.90. The Balaban J connectivity index is 0.00000361. The number of rotatable bonds is 4. The molecule has 8 heteroatoms. The average Bonchev–Trinajstić information content (AvgIpc) is 2.51. The van der Waals surface area contributed by atoms with Crippen LogP contribution in [0.5, 0.6) is 0 Å². The van der Waals surface area contributed by atoms with Gasteiger partial charge in [0.2, 0.25) is 15.9 Å². The van der Waals surface area contributed by atoms with E-state index in [4.69, 9.17) is 5.73 Å². The van der Waals surface area contributed by atoms with Gasteiger partial charge >= 0.3 is 0 Å². The monoisotopic (exact) mass is 327 g/mol. The lowest BCUT2D eigenvalue weighted by atomic mass is 10.0. The number of amides is 1. The number of hydrogen-bond acceptors (Lipinski definition) is 4. The maximum atomic E-state index is 12.2. The topological polar surface area (TPSA) is 83.7 Å². The Bertz CT molecular complexity index is 414. The van der Waals surface area contributed by atoms with E-state index >= 15 is 0 Å². The van der Waals surface area contributed by atoms with Crippen molar-refractivity contribution in [3.63, 3.8) is 0 Å². The molecule has 2 N–H and O–H groups in total. The molecule has 6 nitrogen and oxygen atoms in total. The highest BCUT2D eigenvalue weighted by atomic mass is 35.5. The maximum absolute atomic E-state index is 12.2. The number of carbonyl (C=O) groups is 1. The van der Waals surface area contributed by atoms with Crippen LogP contribution in [-0.4, -0.2) is 62.0 Å². The number of sulfonamides is 1. The molecule has 1 saturated heterocycles. The Morgan fingerprint density at radius 2 is 1.80 bits per heavy atom. The lowest BCUT2D eigenvalue weighted by Gasteiger charge is -2.25. The van der Waals surface area contributed by atoms with Gasteiger partial charge in [-0.25, -0.2) is 12.7 Å². The van der Waals surface area contributed by atoms with Gasteiger partial charge in [0.25, 0.3) is 0 Å². The molecule has 1 amide bonds. The van der Waals surface area contributed by atoms with E-state index in [9.17, 15) is 13.2 Å². The molecule has 1 atom stereocenters. The average molecular weight is 328 g/mol. The summed E-state index contributed by atoms with van der Waals surface area (Å²) in [7, 11) is -3.17. The van der Waals surface area contributed by atoms with E-state index in [0.29, 0.717) is 44.9 Å². The van der Waals surface area contributed by atoms with Crippen LogP contribution in [0.25, 0.3) is 0 Å². The zero-order valence-corrected chi connectivity index (χ0v) is 14.0. The lowest BCUT2D eigenvalue weighted by molar-refractivity contribution is -0.132. The summed E-state index contributed by atoms with van der Waals surface area (Å²) in [6.45, 7) is 5.90. The fourth-order valence-corrected chi connectivity index (χ4v) is 3.16. The molecule has 0 aliphatic carbocycles. The second-order valence-corrected chi connectivity index (χ2v) is 7.56. The van der Waals surface area contributed by atoms with Gasteiger partial charge in [-0.15, -0.1) is 12.4 Å². The van der Waals surface area contributed by atoms with E-state index < -0.39 is 16.1 Å². The summed E-state index contributed by atoms with van der Waals surface area (Å²) >= 11 is 0. The fourth-order valence-electron chi connectivity index (χ4n) is 2.29. The SMILES string of the molecule is CC(C)C[C@H](N)C(=O)N1CCCN(S(C)(=O)=O)CC1.Cl. The minimum atomic E-state index is -3.17. The lowest BCUT2D eigenvalue weighted by Crippen LogP contribution is -2.46. The molecule has 1 fully saturated rings. The first kappa shape index (κ1) is 19.6. The quantitative estimate of drug-likeness (QED) is 0.803. The van der Waals surface area contributed by atoms with E-state index in [2.05, 4.69) is 0 Å². The van der Waals surface area contributed by atoms with Crippen molar-refractivity contribution in [2.24, 2.45) is 11.7 Å². The van der Waals surface area contributed by atoms with E-state index in [-0.39, 0.29) is 18.3 Å². The molecule has 0 radical (unpaired) electrons. The Hall–Kier alpha value is -0.370. The van der Waals surface area contributed by atoms with Gasteiger partial charge in [-0.05, 0) is 18.8 Å². The van der Waals surface area contributed by atoms with Gasteiger partial charge in [-0.2, -0.15) is 0 Å². The summed E-state index contributed by atoms with van der Waals surface area (Å²) in [5, 5.41) is 0. The first-order valence-electron chi connectivity index (χ1n) is 6.71. The van der Waals surface area contributed by atoms with Crippen LogP contribution in [0.15, 0.2) is 0 Å². The second-order valence-electron chi connectivity index (χ2n) is 5.58. The van der Waals surface area contributed by atoms with Gasteiger partial charge in [0.15, 0.2) is 0 Å². The largest absolute Gasteiger partial charge is 0.340 e. The molecule has 0 spiro atoms. The van der Waals surface area contributed by atoms with Gasteiger partial charge in [0.1, 0.15) is 0 Å².